The van der Waals surface area contributed by atoms with Gasteiger partial charge in [0.25, 0.3) is 0 Å². The molecule has 0 atom stereocenters. The van der Waals surface area contributed by atoms with Crippen molar-refractivity contribution in [2.45, 2.75) is 59.8 Å². The summed E-state index contributed by atoms with van der Waals surface area (Å²) in [6, 6.07) is 0. The van der Waals surface area contributed by atoms with Crippen molar-refractivity contribution in [1.82, 2.24) is 0 Å². The molecule has 0 spiro atoms. The predicted molar refractivity (Wildman–Crippen MR) is 67.0 cm³/mol. The van der Waals surface area contributed by atoms with E-state index in [4.69, 9.17) is 0 Å². The molecule has 0 saturated carbocycles. The van der Waals surface area contributed by atoms with Crippen molar-refractivity contribution in [1.29, 1.82) is 0 Å². The largest absolute Gasteiger partial charge is 0.300 e. The molecular formula is C14H24O. The van der Waals surface area contributed by atoms with Crippen LogP contribution in [0.15, 0.2) is 23.3 Å². The van der Waals surface area contributed by atoms with Gasteiger partial charge in [-0.2, -0.15) is 0 Å². The van der Waals surface area contributed by atoms with Gasteiger partial charge in [0.1, 0.15) is 5.78 Å². The fourth-order valence-electron chi connectivity index (χ4n) is 1.41. The minimum absolute atomic E-state index is 0.281. The normalized spacial score (nSPS) is 13.1. The molecule has 0 radical (unpaired) electrons. The first kappa shape index (κ1) is 14.2. The molecule has 0 aromatic rings. The maximum Gasteiger partial charge on any atom is 0.130 e. The molecule has 0 saturated heterocycles. The molecule has 86 valence electrons. The number of hydrogen-bond acceptors (Lipinski definition) is 1. The summed E-state index contributed by atoms with van der Waals surface area (Å²) in [7, 11) is 0. The van der Waals surface area contributed by atoms with Gasteiger partial charge in [0, 0.05) is 6.42 Å². The Morgan fingerprint density at radius 3 is 2.13 bits per heavy atom. The van der Waals surface area contributed by atoms with Crippen molar-refractivity contribution in [3.8, 4) is 0 Å². The van der Waals surface area contributed by atoms with E-state index in [2.05, 4.69) is 32.9 Å². The van der Waals surface area contributed by atoms with Crippen molar-refractivity contribution >= 4 is 5.78 Å². The van der Waals surface area contributed by atoms with Crippen LogP contribution in [0.3, 0.4) is 0 Å². The third-order valence-electron chi connectivity index (χ3n) is 2.62. The lowest BCUT2D eigenvalue weighted by Crippen LogP contribution is -1.88. The molecule has 0 bridgehead atoms. The number of rotatable bonds is 7. The van der Waals surface area contributed by atoms with E-state index in [-0.39, 0.29) is 5.78 Å². The zero-order valence-corrected chi connectivity index (χ0v) is 10.6. The Morgan fingerprint density at radius 2 is 1.60 bits per heavy atom. The van der Waals surface area contributed by atoms with E-state index < -0.39 is 0 Å². The second-order valence-corrected chi connectivity index (χ2v) is 4.28. The van der Waals surface area contributed by atoms with Gasteiger partial charge in [0.2, 0.25) is 0 Å². The molecule has 0 amide bonds. The van der Waals surface area contributed by atoms with Gasteiger partial charge < -0.3 is 4.79 Å². The van der Waals surface area contributed by atoms with Crippen LogP contribution in [0.2, 0.25) is 0 Å². The van der Waals surface area contributed by atoms with Crippen molar-refractivity contribution in [3.05, 3.63) is 23.3 Å². The van der Waals surface area contributed by atoms with Crippen LogP contribution in [0.4, 0.5) is 0 Å². The Hall–Kier alpha value is -0.850. The first-order chi connectivity index (χ1) is 7.06. The molecule has 0 unspecified atom stereocenters. The zero-order chi connectivity index (χ0) is 11.7. The van der Waals surface area contributed by atoms with E-state index in [1.807, 2.05) is 0 Å². The molecule has 1 nitrogen and oxygen atoms in total. The van der Waals surface area contributed by atoms with Gasteiger partial charge in [-0.3, -0.25) is 0 Å². The lowest BCUT2D eigenvalue weighted by molar-refractivity contribution is -0.116. The maximum atomic E-state index is 10.7. The highest BCUT2D eigenvalue weighted by Gasteiger charge is 1.94. The minimum Gasteiger partial charge on any atom is -0.300 e. The Balaban J connectivity index is 3.64. The number of ketones is 1. The summed E-state index contributed by atoms with van der Waals surface area (Å²) in [5, 5.41) is 0. The van der Waals surface area contributed by atoms with Crippen molar-refractivity contribution < 1.29 is 4.79 Å². The van der Waals surface area contributed by atoms with Crippen LogP contribution in [0.25, 0.3) is 0 Å². The van der Waals surface area contributed by atoms with E-state index in [0.717, 1.165) is 12.8 Å². The molecule has 1 heteroatoms. The van der Waals surface area contributed by atoms with Crippen LogP contribution < -0.4 is 0 Å². The molecule has 15 heavy (non-hydrogen) atoms. The Labute approximate surface area is 94.3 Å². The van der Waals surface area contributed by atoms with E-state index in [1.165, 1.54) is 24.0 Å². The van der Waals surface area contributed by atoms with Crippen LogP contribution in [0, 0.1) is 0 Å². The number of Topliss-reactive ketones (excluding diaryl/α,β-unsaturated/α-hetero) is 1. The lowest BCUT2D eigenvalue weighted by Gasteiger charge is -2.02. The predicted octanol–water partition coefficient (Wildman–Crippen LogP) is 4.44. The Morgan fingerprint density at radius 1 is 1.00 bits per heavy atom. The summed E-state index contributed by atoms with van der Waals surface area (Å²) < 4.78 is 0. The van der Waals surface area contributed by atoms with Gasteiger partial charge in [0.15, 0.2) is 0 Å². The summed E-state index contributed by atoms with van der Waals surface area (Å²) >= 11 is 0. The summed E-state index contributed by atoms with van der Waals surface area (Å²) in [5.41, 5.74) is 2.88. The minimum atomic E-state index is 0.281. The smallest absolute Gasteiger partial charge is 0.130 e. The summed E-state index contributed by atoms with van der Waals surface area (Å²) in [6.07, 6.45) is 9.53. The summed E-state index contributed by atoms with van der Waals surface area (Å²) in [4.78, 5) is 10.7. The molecule has 0 fully saturated rings. The molecule has 0 aromatic heterocycles. The number of carbonyl (C=O) groups excluding carboxylic acids is 1. The average molecular weight is 208 g/mol. The molecule has 0 heterocycles. The van der Waals surface area contributed by atoms with Gasteiger partial charge in [-0.1, -0.05) is 23.3 Å². The van der Waals surface area contributed by atoms with Gasteiger partial charge >= 0.3 is 0 Å². The topological polar surface area (TPSA) is 17.1 Å². The van der Waals surface area contributed by atoms with Gasteiger partial charge in [-0.25, -0.2) is 0 Å². The van der Waals surface area contributed by atoms with Crippen LogP contribution in [0.5, 0.6) is 0 Å². The molecule has 0 aromatic carbocycles. The third-order valence-corrected chi connectivity index (χ3v) is 2.62. The first-order valence-corrected chi connectivity index (χ1v) is 5.83. The first-order valence-electron chi connectivity index (χ1n) is 5.83. The van der Waals surface area contributed by atoms with Gasteiger partial charge in [-0.05, 0) is 53.4 Å². The van der Waals surface area contributed by atoms with Crippen LogP contribution in [-0.4, -0.2) is 5.78 Å². The molecule has 0 N–H and O–H groups in total. The zero-order valence-electron chi connectivity index (χ0n) is 10.6. The highest BCUT2D eigenvalue weighted by molar-refractivity contribution is 5.75. The summed E-state index contributed by atoms with van der Waals surface area (Å²) in [5.74, 6) is 0.281. The molecule has 0 aliphatic carbocycles. The monoisotopic (exact) mass is 208 g/mol. The second kappa shape index (κ2) is 8.46. The quantitative estimate of drug-likeness (QED) is 0.565. The number of hydrogen-bond donors (Lipinski definition) is 0. The fraction of sp³-hybridized carbons (Fsp3) is 0.643. The van der Waals surface area contributed by atoms with Gasteiger partial charge in [0.05, 0.1) is 0 Å². The molecule has 0 rings (SSSR count). The highest BCUT2D eigenvalue weighted by atomic mass is 16.1. The van der Waals surface area contributed by atoms with E-state index in [0.29, 0.717) is 6.42 Å². The fourth-order valence-corrected chi connectivity index (χ4v) is 1.41. The molecular weight excluding hydrogens is 184 g/mol. The van der Waals surface area contributed by atoms with E-state index in [1.54, 1.807) is 6.92 Å². The van der Waals surface area contributed by atoms with Crippen molar-refractivity contribution in [2.75, 3.05) is 0 Å². The SMILES string of the molecule is CC=C(C)CCCC(C)=CCCC(C)=O. The Bertz CT molecular complexity index is 246. The number of carbonyl (C=O) groups is 1. The number of allylic oxidation sites excluding steroid dienone is 4. The highest BCUT2D eigenvalue weighted by Crippen LogP contribution is 2.12. The molecule has 0 aliphatic heterocycles. The van der Waals surface area contributed by atoms with E-state index in [9.17, 15) is 4.79 Å². The maximum absolute atomic E-state index is 10.7. The third kappa shape index (κ3) is 9.45. The van der Waals surface area contributed by atoms with Crippen LogP contribution in [-0.2, 0) is 4.79 Å². The lowest BCUT2D eigenvalue weighted by atomic mass is 10.0. The van der Waals surface area contributed by atoms with E-state index >= 15 is 0 Å². The average Bonchev–Trinajstić information content (AvgIpc) is 2.17. The van der Waals surface area contributed by atoms with Crippen molar-refractivity contribution in [3.63, 3.8) is 0 Å². The molecule has 0 aliphatic rings. The Kier molecular flexibility index (Phi) is 7.98. The van der Waals surface area contributed by atoms with Crippen molar-refractivity contribution in [2.24, 2.45) is 0 Å². The van der Waals surface area contributed by atoms with Crippen LogP contribution >= 0.6 is 0 Å². The summed E-state index contributed by atoms with van der Waals surface area (Å²) in [6.45, 7) is 8.07. The second-order valence-electron chi connectivity index (χ2n) is 4.28. The van der Waals surface area contributed by atoms with Gasteiger partial charge in [-0.15, -0.1) is 0 Å². The standard InChI is InChI=1S/C14H24O/c1-5-12(2)8-6-9-13(3)10-7-11-14(4)15/h5,10H,6-9,11H2,1-4H3. The van der Waals surface area contributed by atoms with Crippen LogP contribution in [0.1, 0.15) is 59.8 Å².